The number of benzene rings is 1. The highest BCUT2D eigenvalue weighted by molar-refractivity contribution is 6.09. The summed E-state index contributed by atoms with van der Waals surface area (Å²) in [4.78, 5) is 18.5. The van der Waals surface area contributed by atoms with Gasteiger partial charge in [-0.2, -0.15) is 5.26 Å². The number of rotatable bonds is 5. The summed E-state index contributed by atoms with van der Waals surface area (Å²) in [6, 6.07) is 14.8. The first-order valence-corrected chi connectivity index (χ1v) is 6.64. The molecule has 0 aliphatic heterocycles. The van der Waals surface area contributed by atoms with Gasteiger partial charge in [-0.15, -0.1) is 0 Å². The van der Waals surface area contributed by atoms with Crippen molar-refractivity contribution >= 4 is 17.4 Å². The molecule has 106 valence electrons. The van der Waals surface area contributed by atoms with E-state index in [9.17, 15) is 4.79 Å². The molecule has 1 aromatic heterocycles. The Kier molecular flexibility index (Phi) is 4.89. The summed E-state index contributed by atoms with van der Waals surface area (Å²) in [5, 5.41) is 11.7. The third-order valence-electron chi connectivity index (χ3n) is 3.04. The van der Waals surface area contributed by atoms with Crippen LogP contribution in [0.5, 0.6) is 0 Å². The first-order chi connectivity index (χ1) is 10.3. The van der Waals surface area contributed by atoms with E-state index in [0.717, 1.165) is 5.69 Å². The molecule has 2 aromatic rings. The maximum Gasteiger partial charge on any atom is 0.262 e. The Bertz CT molecular complexity index is 649. The number of pyridine rings is 1. The highest BCUT2D eigenvalue weighted by Crippen LogP contribution is 2.20. The van der Waals surface area contributed by atoms with Crippen LogP contribution in [-0.4, -0.2) is 24.5 Å². The molecule has 0 spiro atoms. The zero-order valence-electron chi connectivity index (χ0n) is 11.8. The smallest absolute Gasteiger partial charge is 0.262 e. The summed E-state index contributed by atoms with van der Waals surface area (Å²) in [6.07, 6.45) is 1.90. The molecular formula is C16H16N4O. The zero-order valence-corrected chi connectivity index (χ0v) is 11.8. The van der Waals surface area contributed by atoms with Gasteiger partial charge in [-0.05, 0) is 24.3 Å². The van der Waals surface area contributed by atoms with Crippen LogP contribution in [0.1, 0.15) is 16.8 Å². The number of amides is 1. The predicted octanol–water partition coefficient (Wildman–Crippen LogP) is 2.68. The Hall–Kier alpha value is -2.87. The number of anilines is 2. The molecule has 0 aliphatic carbocycles. The SMILES string of the molecule is CNc1ncccc1C(=O)N(CCC#N)c1ccccc1. The molecule has 0 saturated carbocycles. The molecule has 2 rings (SSSR count). The van der Waals surface area contributed by atoms with Crippen LogP contribution in [0.15, 0.2) is 48.7 Å². The minimum atomic E-state index is -0.172. The van der Waals surface area contributed by atoms with Crippen molar-refractivity contribution in [2.24, 2.45) is 0 Å². The molecule has 0 atom stereocenters. The van der Waals surface area contributed by atoms with Crippen molar-refractivity contribution in [2.45, 2.75) is 6.42 Å². The van der Waals surface area contributed by atoms with Gasteiger partial charge in [0.25, 0.3) is 5.91 Å². The average Bonchev–Trinajstić information content (AvgIpc) is 2.56. The third-order valence-corrected chi connectivity index (χ3v) is 3.04. The molecule has 0 bridgehead atoms. The van der Waals surface area contributed by atoms with Gasteiger partial charge in [-0.3, -0.25) is 4.79 Å². The van der Waals surface area contributed by atoms with Gasteiger partial charge in [0, 0.05) is 25.5 Å². The molecule has 0 aliphatic rings. The molecule has 0 saturated heterocycles. The lowest BCUT2D eigenvalue weighted by atomic mass is 10.2. The molecule has 1 amide bonds. The van der Waals surface area contributed by atoms with Crippen LogP contribution in [-0.2, 0) is 0 Å². The molecule has 1 aromatic carbocycles. The van der Waals surface area contributed by atoms with Crippen molar-refractivity contribution in [3.05, 3.63) is 54.2 Å². The van der Waals surface area contributed by atoms with Crippen molar-refractivity contribution in [3.63, 3.8) is 0 Å². The Morgan fingerprint density at radius 1 is 1.29 bits per heavy atom. The second-order valence-electron chi connectivity index (χ2n) is 4.35. The van der Waals surface area contributed by atoms with E-state index in [1.54, 1.807) is 30.3 Å². The maximum atomic E-state index is 12.8. The van der Waals surface area contributed by atoms with Gasteiger partial charge in [-0.1, -0.05) is 18.2 Å². The number of nitrogens with zero attached hydrogens (tertiary/aromatic N) is 3. The Morgan fingerprint density at radius 3 is 2.71 bits per heavy atom. The minimum absolute atomic E-state index is 0.172. The number of nitrogens with one attached hydrogen (secondary N) is 1. The summed E-state index contributed by atoms with van der Waals surface area (Å²) >= 11 is 0. The molecule has 21 heavy (non-hydrogen) atoms. The fraction of sp³-hybridized carbons (Fsp3) is 0.188. The lowest BCUT2D eigenvalue weighted by molar-refractivity contribution is 0.0988. The van der Waals surface area contributed by atoms with Gasteiger partial charge in [0.05, 0.1) is 18.1 Å². The third kappa shape index (κ3) is 3.37. The monoisotopic (exact) mass is 280 g/mol. The van der Waals surface area contributed by atoms with E-state index in [-0.39, 0.29) is 12.3 Å². The van der Waals surface area contributed by atoms with E-state index in [1.807, 2.05) is 30.3 Å². The van der Waals surface area contributed by atoms with Gasteiger partial charge in [0.2, 0.25) is 0 Å². The van der Waals surface area contributed by atoms with Crippen molar-refractivity contribution in [1.29, 1.82) is 5.26 Å². The van der Waals surface area contributed by atoms with E-state index in [0.29, 0.717) is 17.9 Å². The van der Waals surface area contributed by atoms with Crippen LogP contribution in [0.2, 0.25) is 0 Å². The van der Waals surface area contributed by atoms with Crippen LogP contribution in [0, 0.1) is 11.3 Å². The predicted molar refractivity (Wildman–Crippen MR) is 82.1 cm³/mol. The molecule has 5 nitrogen and oxygen atoms in total. The summed E-state index contributed by atoms with van der Waals surface area (Å²) < 4.78 is 0. The summed E-state index contributed by atoms with van der Waals surface area (Å²) in [6.45, 7) is 0.345. The summed E-state index contributed by atoms with van der Waals surface area (Å²) in [5.74, 6) is 0.356. The van der Waals surface area contributed by atoms with Gasteiger partial charge < -0.3 is 10.2 Å². The summed E-state index contributed by atoms with van der Waals surface area (Å²) in [7, 11) is 1.72. The molecule has 0 fully saturated rings. The van der Waals surface area contributed by atoms with E-state index in [1.165, 1.54) is 0 Å². The fourth-order valence-corrected chi connectivity index (χ4v) is 2.04. The Labute approximate surface area is 123 Å². The average molecular weight is 280 g/mol. The van der Waals surface area contributed by atoms with Crippen LogP contribution < -0.4 is 10.2 Å². The Morgan fingerprint density at radius 2 is 2.05 bits per heavy atom. The number of aromatic nitrogens is 1. The van der Waals surface area contributed by atoms with Crippen molar-refractivity contribution in [3.8, 4) is 6.07 Å². The van der Waals surface area contributed by atoms with Crippen LogP contribution in [0.4, 0.5) is 11.5 Å². The van der Waals surface area contributed by atoms with E-state index < -0.39 is 0 Å². The van der Waals surface area contributed by atoms with Crippen LogP contribution in [0.3, 0.4) is 0 Å². The zero-order chi connectivity index (χ0) is 15.1. The first-order valence-electron chi connectivity index (χ1n) is 6.64. The second-order valence-corrected chi connectivity index (χ2v) is 4.35. The van der Waals surface area contributed by atoms with Crippen molar-refractivity contribution in [2.75, 3.05) is 23.8 Å². The van der Waals surface area contributed by atoms with Gasteiger partial charge in [0.1, 0.15) is 5.82 Å². The Balaban J connectivity index is 2.37. The lowest BCUT2D eigenvalue weighted by Gasteiger charge is -2.22. The minimum Gasteiger partial charge on any atom is -0.372 e. The largest absolute Gasteiger partial charge is 0.372 e. The number of hydrogen-bond donors (Lipinski definition) is 1. The highest BCUT2D eigenvalue weighted by Gasteiger charge is 2.20. The first kappa shape index (κ1) is 14.5. The number of carbonyl (C=O) groups is 1. The number of hydrogen-bond acceptors (Lipinski definition) is 4. The second kappa shape index (κ2) is 7.06. The molecule has 1 heterocycles. The molecule has 0 radical (unpaired) electrons. The summed E-state index contributed by atoms with van der Waals surface area (Å²) in [5.41, 5.74) is 1.26. The molecule has 0 unspecified atom stereocenters. The number of carbonyl (C=O) groups excluding carboxylic acids is 1. The van der Waals surface area contributed by atoms with Crippen molar-refractivity contribution < 1.29 is 4.79 Å². The van der Waals surface area contributed by atoms with Crippen LogP contribution >= 0.6 is 0 Å². The normalized spacial score (nSPS) is 9.71. The standard InChI is InChI=1S/C16H16N4O/c1-18-15-14(9-5-11-19-15)16(21)20(12-6-10-17)13-7-3-2-4-8-13/h2-5,7-9,11H,6,12H2,1H3,(H,18,19). The van der Waals surface area contributed by atoms with Crippen LogP contribution in [0.25, 0.3) is 0 Å². The van der Waals surface area contributed by atoms with Gasteiger partial charge >= 0.3 is 0 Å². The van der Waals surface area contributed by atoms with E-state index in [4.69, 9.17) is 5.26 Å². The fourth-order valence-electron chi connectivity index (χ4n) is 2.04. The highest BCUT2D eigenvalue weighted by atomic mass is 16.2. The number of nitriles is 1. The quantitative estimate of drug-likeness (QED) is 0.914. The van der Waals surface area contributed by atoms with E-state index >= 15 is 0 Å². The molecular weight excluding hydrogens is 264 g/mol. The van der Waals surface area contributed by atoms with E-state index in [2.05, 4.69) is 16.4 Å². The van der Waals surface area contributed by atoms with Gasteiger partial charge in [0.15, 0.2) is 0 Å². The maximum absolute atomic E-state index is 12.8. The molecule has 5 heteroatoms. The number of para-hydroxylation sites is 1. The topological polar surface area (TPSA) is 69.0 Å². The van der Waals surface area contributed by atoms with Crippen molar-refractivity contribution in [1.82, 2.24) is 4.98 Å². The lowest BCUT2D eigenvalue weighted by Crippen LogP contribution is -2.32. The van der Waals surface area contributed by atoms with Gasteiger partial charge in [-0.25, -0.2) is 4.98 Å². The molecule has 1 N–H and O–H groups in total.